The van der Waals surface area contributed by atoms with E-state index in [0.29, 0.717) is 16.6 Å². The monoisotopic (exact) mass is 326 g/mol. The predicted octanol–water partition coefficient (Wildman–Crippen LogP) is 2.32. The van der Waals surface area contributed by atoms with Crippen LogP contribution in [0.15, 0.2) is 22.7 Å². The van der Waals surface area contributed by atoms with E-state index in [4.69, 9.17) is 0 Å². The van der Waals surface area contributed by atoms with Crippen molar-refractivity contribution in [1.82, 2.24) is 9.80 Å². The molecule has 0 saturated carbocycles. The fourth-order valence-electron chi connectivity index (χ4n) is 2.24. The van der Waals surface area contributed by atoms with Gasteiger partial charge >= 0.3 is 0 Å². The molecule has 19 heavy (non-hydrogen) atoms. The Kier molecular flexibility index (Phi) is 3.87. The lowest BCUT2D eigenvalue weighted by molar-refractivity contribution is 0.0311. The Bertz CT molecular complexity index is 502. The molecule has 0 radical (unpaired) electrons. The topological polar surface area (TPSA) is 43.8 Å². The maximum atomic E-state index is 12.4. The predicted molar refractivity (Wildman–Crippen MR) is 78.4 cm³/mol. The molecule has 0 unspecified atom stereocenters. The van der Waals surface area contributed by atoms with Crippen LogP contribution in [0.1, 0.15) is 24.2 Å². The molecule has 0 aliphatic carbocycles. The Hall–Kier alpha value is -1.07. The maximum Gasteiger partial charge on any atom is 0.254 e. The standard InChI is InChI=1S/C14H19BrN2O2/c1-14(2)9-17(7-6-16(14)3)13(19)10-4-5-11(15)12(18)8-10/h4-5,8,18H,6-7,9H2,1-3H3. The number of hydrogen-bond donors (Lipinski definition) is 1. The average molecular weight is 327 g/mol. The van der Waals surface area contributed by atoms with Gasteiger partial charge in [-0.25, -0.2) is 0 Å². The van der Waals surface area contributed by atoms with Gasteiger partial charge in [0.2, 0.25) is 0 Å². The quantitative estimate of drug-likeness (QED) is 0.861. The van der Waals surface area contributed by atoms with Crippen molar-refractivity contribution < 1.29 is 9.90 Å². The number of halogens is 1. The van der Waals surface area contributed by atoms with Gasteiger partial charge in [0.25, 0.3) is 5.91 Å². The minimum atomic E-state index is -0.0241. The molecule has 2 rings (SSSR count). The lowest BCUT2D eigenvalue weighted by atomic mass is 9.99. The number of carbonyl (C=O) groups excluding carboxylic acids is 1. The second-order valence-corrected chi connectivity index (χ2v) is 6.48. The van der Waals surface area contributed by atoms with Gasteiger partial charge in [0.15, 0.2) is 0 Å². The van der Waals surface area contributed by atoms with Crippen LogP contribution in [0.3, 0.4) is 0 Å². The van der Waals surface area contributed by atoms with E-state index in [1.165, 1.54) is 6.07 Å². The minimum absolute atomic E-state index is 0.0225. The van der Waals surface area contributed by atoms with Crippen molar-refractivity contribution in [3.05, 3.63) is 28.2 Å². The van der Waals surface area contributed by atoms with Crippen LogP contribution in [0.4, 0.5) is 0 Å². The van der Waals surface area contributed by atoms with E-state index in [0.717, 1.165) is 13.1 Å². The van der Waals surface area contributed by atoms with E-state index in [-0.39, 0.29) is 17.2 Å². The molecule has 1 aliphatic heterocycles. The molecular weight excluding hydrogens is 308 g/mol. The Morgan fingerprint density at radius 1 is 1.37 bits per heavy atom. The van der Waals surface area contributed by atoms with Crippen LogP contribution in [0.2, 0.25) is 0 Å². The number of amides is 1. The van der Waals surface area contributed by atoms with Gasteiger partial charge in [-0.15, -0.1) is 0 Å². The number of rotatable bonds is 1. The summed E-state index contributed by atoms with van der Waals surface area (Å²) in [6.07, 6.45) is 0. The van der Waals surface area contributed by atoms with Gasteiger partial charge in [0.05, 0.1) is 4.47 Å². The Labute approximate surface area is 122 Å². The van der Waals surface area contributed by atoms with E-state index in [1.54, 1.807) is 12.1 Å². The zero-order valence-electron chi connectivity index (χ0n) is 11.5. The van der Waals surface area contributed by atoms with Crippen molar-refractivity contribution in [2.75, 3.05) is 26.7 Å². The first kappa shape index (κ1) is 14.3. The maximum absolute atomic E-state index is 12.4. The van der Waals surface area contributed by atoms with Crippen LogP contribution in [0.5, 0.6) is 5.75 Å². The smallest absolute Gasteiger partial charge is 0.254 e. The first-order valence-corrected chi connectivity index (χ1v) is 7.09. The molecule has 1 aromatic carbocycles. The second-order valence-electron chi connectivity index (χ2n) is 5.63. The number of likely N-dealkylation sites (N-methyl/N-ethyl adjacent to an activating group) is 1. The van der Waals surface area contributed by atoms with Gasteiger partial charge in [-0.3, -0.25) is 9.69 Å². The fourth-order valence-corrected chi connectivity index (χ4v) is 2.49. The lowest BCUT2D eigenvalue weighted by Crippen LogP contribution is -2.58. The van der Waals surface area contributed by atoms with Crippen molar-refractivity contribution in [2.45, 2.75) is 19.4 Å². The van der Waals surface area contributed by atoms with Gasteiger partial charge < -0.3 is 10.0 Å². The van der Waals surface area contributed by atoms with E-state index in [9.17, 15) is 9.90 Å². The molecule has 1 N–H and O–H groups in total. The van der Waals surface area contributed by atoms with E-state index >= 15 is 0 Å². The Morgan fingerprint density at radius 2 is 2.05 bits per heavy atom. The van der Waals surface area contributed by atoms with Crippen LogP contribution in [-0.2, 0) is 0 Å². The van der Waals surface area contributed by atoms with Crippen LogP contribution >= 0.6 is 15.9 Å². The largest absolute Gasteiger partial charge is 0.507 e. The van der Waals surface area contributed by atoms with Crippen molar-refractivity contribution in [1.29, 1.82) is 0 Å². The molecule has 0 atom stereocenters. The Balaban J connectivity index is 2.18. The van der Waals surface area contributed by atoms with Gasteiger partial charge in [-0.1, -0.05) is 0 Å². The lowest BCUT2D eigenvalue weighted by Gasteiger charge is -2.45. The normalized spacial score (nSPS) is 19.5. The van der Waals surface area contributed by atoms with Gasteiger partial charge in [-0.2, -0.15) is 0 Å². The first-order chi connectivity index (χ1) is 8.81. The van der Waals surface area contributed by atoms with Crippen molar-refractivity contribution in [2.24, 2.45) is 0 Å². The number of phenols is 1. The number of nitrogens with zero attached hydrogens (tertiary/aromatic N) is 2. The summed E-state index contributed by atoms with van der Waals surface area (Å²) in [6, 6.07) is 4.94. The van der Waals surface area contributed by atoms with Gasteiger partial charge in [0, 0.05) is 30.7 Å². The molecule has 1 heterocycles. The van der Waals surface area contributed by atoms with Crippen molar-refractivity contribution in [3.63, 3.8) is 0 Å². The summed E-state index contributed by atoms with van der Waals surface area (Å²) in [5.74, 6) is 0.0724. The molecule has 1 aromatic rings. The second kappa shape index (κ2) is 5.13. The molecular formula is C14H19BrN2O2. The summed E-state index contributed by atoms with van der Waals surface area (Å²) < 4.78 is 0.600. The van der Waals surface area contributed by atoms with E-state index in [2.05, 4.69) is 41.7 Å². The van der Waals surface area contributed by atoms with Crippen LogP contribution in [0.25, 0.3) is 0 Å². The van der Waals surface area contributed by atoms with Crippen LogP contribution < -0.4 is 0 Å². The third-order valence-electron chi connectivity index (χ3n) is 3.80. The summed E-state index contributed by atoms with van der Waals surface area (Å²) in [5, 5.41) is 9.67. The van der Waals surface area contributed by atoms with Crippen LogP contribution in [0, 0.1) is 0 Å². The molecule has 0 spiro atoms. The number of carbonyl (C=O) groups is 1. The van der Waals surface area contributed by atoms with Crippen molar-refractivity contribution in [3.8, 4) is 5.75 Å². The fraction of sp³-hybridized carbons (Fsp3) is 0.500. The average Bonchev–Trinajstić information content (AvgIpc) is 2.35. The summed E-state index contributed by atoms with van der Waals surface area (Å²) in [7, 11) is 2.08. The third-order valence-corrected chi connectivity index (χ3v) is 4.47. The van der Waals surface area contributed by atoms with Gasteiger partial charge in [0.1, 0.15) is 5.75 Å². The highest BCUT2D eigenvalue weighted by atomic mass is 79.9. The number of hydrogen-bond acceptors (Lipinski definition) is 3. The van der Waals surface area contributed by atoms with E-state index < -0.39 is 0 Å². The number of benzene rings is 1. The molecule has 1 aliphatic rings. The highest BCUT2D eigenvalue weighted by Gasteiger charge is 2.33. The van der Waals surface area contributed by atoms with E-state index in [1.807, 2.05) is 4.90 Å². The highest BCUT2D eigenvalue weighted by molar-refractivity contribution is 9.10. The molecule has 0 aromatic heterocycles. The molecule has 1 saturated heterocycles. The highest BCUT2D eigenvalue weighted by Crippen LogP contribution is 2.26. The SMILES string of the molecule is CN1CCN(C(=O)c2ccc(Br)c(O)c2)CC1(C)C. The third kappa shape index (κ3) is 2.92. The molecule has 4 nitrogen and oxygen atoms in total. The molecule has 104 valence electrons. The van der Waals surface area contributed by atoms with Crippen LogP contribution in [-0.4, -0.2) is 53.0 Å². The summed E-state index contributed by atoms with van der Waals surface area (Å²) in [5.41, 5.74) is 0.506. The van der Waals surface area contributed by atoms with Crippen molar-refractivity contribution >= 4 is 21.8 Å². The molecule has 0 bridgehead atoms. The molecule has 1 fully saturated rings. The first-order valence-electron chi connectivity index (χ1n) is 6.30. The molecule has 5 heteroatoms. The minimum Gasteiger partial charge on any atom is -0.507 e. The molecule has 1 amide bonds. The summed E-state index contributed by atoms with van der Waals surface area (Å²) >= 11 is 3.22. The zero-order chi connectivity index (χ0) is 14.2. The number of piperazine rings is 1. The number of aromatic hydroxyl groups is 1. The van der Waals surface area contributed by atoms with Gasteiger partial charge in [-0.05, 0) is 55.0 Å². The summed E-state index contributed by atoms with van der Waals surface area (Å²) in [4.78, 5) is 16.5. The zero-order valence-corrected chi connectivity index (χ0v) is 13.1. The number of phenolic OH excluding ortho intramolecular Hbond substituents is 1. The summed E-state index contributed by atoms with van der Waals surface area (Å²) in [6.45, 7) is 6.53. The Morgan fingerprint density at radius 3 is 2.63 bits per heavy atom.